The minimum atomic E-state index is -1.18. The predicted molar refractivity (Wildman–Crippen MR) is 54.7 cm³/mol. The Hall–Kier alpha value is -2.11. The van der Waals surface area contributed by atoms with E-state index in [-0.39, 0.29) is 24.5 Å². The molecule has 80 valence electrons. The number of amides is 1. The van der Waals surface area contributed by atoms with E-state index in [0.717, 1.165) is 4.90 Å². The van der Waals surface area contributed by atoms with Gasteiger partial charge in [0.2, 0.25) is 0 Å². The van der Waals surface area contributed by atoms with E-state index in [1.165, 1.54) is 6.20 Å². The lowest BCUT2D eigenvalue weighted by Gasteiger charge is -2.18. The number of carboxylic acid groups (broad SMARTS) is 1. The molecule has 0 bridgehead atoms. The fourth-order valence-corrected chi connectivity index (χ4v) is 1.11. The molecule has 0 aliphatic heterocycles. The molecular weight excluding hydrogens is 198 g/mol. The average molecular weight is 209 g/mol. The number of nitrogens with two attached hydrogens (primary N) is 1. The maximum atomic E-state index is 10.9. The van der Waals surface area contributed by atoms with Crippen molar-refractivity contribution in [3.8, 4) is 0 Å². The number of anilines is 2. The highest BCUT2D eigenvalue weighted by atomic mass is 16.4. The van der Waals surface area contributed by atoms with Crippen LogP contribution in [0.3, 0.4) is 0 Å². The number of nitrogen functional groups attached to an aromatic ring is 1. The summed E-state index contributed by atoms with van der Waals surface area (Å²) in [7, 11) is 0. The van der Waals surface area contributed by atoms with Crippen LogP contribution in [0.4, 0.5) is 16.3 Å². The Morgan fingerprint density at radius 3 is 2.93 bits per heavy atom. The first-order valence-corrected chi connectivity index (χ1v) is 4.31. The van der Waals surface area contributed by atoms with Gasteiger partial charge in [0.05, 0.1) is 5.69 Å². The smallest absolute Gasteiger partial charge is 0.413 e. The van der Waals surface area contributed by atoms with Gasteiger partial charge in [0.25, 0.3) is 0 Å². The lowest BCUT2D eigenvalue weighted by atomic mass is 10.3. The zero-order valence-electron chi connectivity index (χ0n) is 7.96. The quantitative estimate of drug-likeness (QED) is 0.713. The van der Waals surface area contributed by atoms with Crippen LogP contribution in [-0.2, 0) is 4.79 Å². The summed E-state index contributed by atoms with van der Waals surface area (Å²) < 4.78 is 0. The van der Waals surface area contributed by atoms with E-state index in [9.17, 15) is 9.59 Å². The molecular formula is C9H11N3O3. The van der Waals surface area contributed by atoms with Gasteiger partial charge in [-0.15, -0.1) is 0 Å². The van der Waals surface area contributed by atoms with E-state index in [0.29, 0.717) is 6.29 Å². The number of aldehydes is 1. The zero-order chi connectivity index (χ0) is 11.3. The molecule has 15 heavy (non-hydrogen) atoms. The molecule has 6 heteroatoms. The standard InChI is InChI=1S/C9H11N3O3/c10-7-3-1-4-11-8(7)12(9(14)15)5-2-6-13/h1,3-4,6H,2,5,10H2,(H,14,15). The number of rotatable bonds is 4. The molecule has 1 rings (SSSR count). The lowest BCUT2D eigenvalue weighted by molar-refractivity contribution is -0.107. The molecule has 1 aromatic heterocycles. The molecule has 0 fully saturated rings. The van der Waals surface area contributed by atoms with Crippen molar-refractivity contribution in [1.29, 1.82) is 0 Å². The Kier molecular flexibility index (Phi) is 3.61. The molecule has 0 aliphatic rings. The number of pyridine rings is 1. The molecule has 0 unspecified atom stereocenters. The summed E-state index contributed by atoms with van der Waals surface area (Å²) in [6.45, 7) is 0.0556. The van der Waals surface area contributed by atoms with Gasteiger partial charge in [0.15, 0.2) is 5.82 Å². The first kappa shape index (κ1) is 11.0. The largest absolute Gasteiger partial charge is 0.465 e. The van der Waals surface area contributed by atoms with Crippen LogP contribution in [-0.4, -0.2) is 29.0 Å². The molecule has 0 radical (unpaired) electrons. The second-order valence-electron chi connectivity index (χ2n) is 2.81. The van der Waals surface area contributed by atoms with Gasteiger partial charge in [-0.1, -0.05) is 0 Å². The highest BCUT2D eigenvalue weighted by molar-refractivity contribution is 5.88. The van der Waals surface area contributed by atoms with Crippen LogP contribution >= 0.6 is 0 Å². The van der Waals surface area contributed by atoms with Gasteiger partial charge in [0.1, 0.15) is 6.29 Å². The second kappa shape index (κ2) is 4.94. The van der Waals surface area contributed by atoms with Crippen molar-refractivity contribution in [2.24, 2.45) is 0 Å². The SMILES string of the molecule is Nc1cccnc1N(CCC=O)C(=O)O. The van der Waals surface area contributed by atoms with Crippen molar-refractivity contribution >= 4 is 23.9 Å². The summed E-state index contributed by atoms with van der Waals surface area (Å²) in [5.74, 6) is 0.159. The minimum absolute atomic E-state index is 0.0556. The van der Waals surface area contributed by atoms with Gasteiger partial charge in [-0.2, -0.15) is 0 Å². The molecule has 0 aromatic carbocycles. The van der Waals surface area contributed by atoms with E-state index < -0.39 is 6.09 Å². The molecule has 1 amide bonds. The highest BCUT2D eigenvalue weighted by Gasteiger charge is 2.17. The summed E-state index contributed by atoms with van der Waals surface area (Å²) in [5.41, 5.74) is 5.84. The van der Waals surface area contributed by atoms with Crippen LogP contribution in [0.25, 0.3) is 0 Å². The average Bonchev–Trinajstić information content (AvgIpc) is 2.20. The van der Waals surface area contributed by atoms with Crippen molar-refractivity contribution in [2.75, 3.05) is 17.2 Å². The number of hydrogen-bond donors (Lipinski definition) is 2. The van der Waals surface area contributed by atoms with Crippen LogP contribution in [0.5, 0.6) is 0 Å². The van der Waals surface area contributed by atoms with Crippen LogP contribution < -0.4 is 10.6 Å². The first-order chi connectivity index (χ1) is 7.16. The lowest BCUT2D eigenvalue weighted by Crippen LogP contribution is -2.31. The Morgan fingerprint density at radius 2 is 2.40 bits per heavy atom. The van der Waals surface area contributed by atoms with Gasteiger partial charge in [0, 0.05) is 19.2 Å². The third-order valence-electron chi connectivity index (χ3n) is 1.77. The maximum absolute atomic E-state index is 10.9. The van der Waals surface area contributed by atoms with E-state index in [4.69, 9.17) is 10.8 Å². The van der Waals surface area contributed by atoms with Gasteiger partial charge in [-0.3, -0.25) is 4.90 Å². The molecule has 0 saturated heterocycles. The predicted octanol–water partition coefficient (Wildman–Crippen LogP) is 0.737. The molecule has 6 nitrogen and oxygen atoms in total. The third kappa shape index (κ3) is 2.67. The molecule has 0 aliphatic carbocycles. The molecule has 1 heterocycles. The number of carbonyl (C=O) groups is 2. The molecule has 0 spiro atoms. The summed E-state index contributed by atoms with van der Waals surface area (Å²) in [5, 5.41) is 8.89. The van der Waals surface area contributed by atoms with Crippen molar-refractivity contribution < 1.29 is 14.7 Å². The van der Waals surface area contributed by atoms with Crippen molar-refractivity contribution in [3.63, 3.8) is 0 Å². The second-order valence-corrected chi connectivity index (χ2v) is 2.81. The summed E-state index contributed by atoms with van der Waals surface area (Å²) in [6, 6.07) is 3.16. The monoisotopic (exact) mass is 209 g/mol. The molecule has 0 saturated carbocycles. The van der Waals surface area contributed by atoms with E-state index in [2.05, 4.69) is 4.98 Å². The summed E-state index contributed by atoms with van der Waals surface area (Å²) >= 11 is 0. The zero-order valence-corrected chi connectivity index (χ0v) is 7.96. The fraction of sp³-hybridized carbons (Fsp3) is 0.222. The normalized spacial score (nSPS) is 9.60. The van der Waals surface area contributed by atoms with Gasteiger partial charge < -0.3 is 15.6 Å². The fourth-order valence-electron chi connectivity index (χ4n) is 1.11. The topological polar surface area (TPSA) is 96.5 Å². The number of carbonyl (C=O) groups excluding carboxylic acids is 1. The van der Waals surface area contributed by atoms with Crippen molar-refractivity contribution in [2.45, 2.75) is 6.42 Å². The van der Waals surface area contributed by atoms with E-state index in [1.807, 2.05) is 0 Å². The maximum Gasteiger partial charge on any atom is 0.413 e. The van der Waals surface area contributed by atoms with Crippen molar-refractivity contribution in [3.05, 3.63) is 18.3 Å². The highest BCUT2D eigenvalue weighted by Crippen LogP contribution is 2.19. The van der Waals surface area contributed by atoms with Gasteiger partial charge >= 0.3 is 6.09 Å². The Balaban J connectivity index is 2.93. The van der Waals surface area contributed by atoms with Crippen LogP contribution in [0.1, 0.15) is 6.42 Å². The van der Waals surface area contributed by atoms with Gasteiger partial charge in [-0.05, 0) is 12.1 Å². The molecule has 0 atom stereocenters. The van der Waals surface area contributed by atoms with Crippen LogP contribution in [0.15, 0.2) is 18.3 Å². The Labute approximate surface area is 86.3 Å². The molecule has 1 aromatic rings. The Morgan fingerprint density at radius 1 is 1.67 bits per heavy atom. The molecule has 3 N–H and O–H groups in total. The summed E-state index contributed by atoms with van der Waals surface area (Å²) in [4.78, 5) is 25.9. The number of nitrogens with zero attached hydrogens (tertiary/aromatic N) is 2. The summed E-state index contributed by atoms with van der Waals surface area (Å²) in [6.07, 6.45) is 1.03. The Bertz CT molecular complexity index is 367. The third-order valence-corrected chi connectivity index (χ3v) is 1.77. The van der Waals surface area contributed by atoms with Crippen LogP contribution in [0, 0.1) is 0 Å². The number of aromatic nitrogens is 1. The van der Waals surface area contributed by atoms with E-state index >= 15 is 0 Å². The van der Waals surface area contributed by atoms with Crippen molar-refractivity contribution in [1.82, 2.24) is 4.98 Å². The van der Waals surface area contributed by atoms with Gasteiger partial charge in [-0.25, -0.2) is 9.78 Å². The number of hydrogen-bond acceptors (Lipinski definition) is 4. The first-order valence-electron chi connectivity index (χ1n) is 4.31. The van der Waals surface area contributed by atoms with E-state index in [1.54, 1.807) is 12.1 Å². The minimum Gasteiger partial charge on any atom is -0.465 e. The van der Waals surface area contributed by atoms with Crippen LogP contribution in [0.2, 0.25) is 0 Å².